The SMILES string of the molecule is Cc1ccc(S(=O)(=O)N=C=O)cc1.O=C=Nc1ccccc1. The van der Waals surface area contributed by atoms with Crippen LogP contribution in [0.25, 0.3) is 0 Å². The van der Waals surface area contributed by atoms with E-state index >= 15 is 0 Å². The van der Waals surface area contributed by atoms with E-state index in [1.54, 1.807) is 24.3 Å². The maximum absolute atomic E-state index is 11.1. The molecule has 0 spiro atoms. The van der Waals surface area contributed by atoms with Crippen LogP contribution in [0.4, 0.5) is 5.69 Å². The Labute approximate surface area is 127 Å². The Bertz CT molecular complexity index is 802. The molecule has 0 bridgehead atoms. The van der Waals surface area contributed by atoms with Crippen LogP contribution >= 0.6 is 0 Å². The molecule has 0 aromatic heterocycles. The third kappa shape index (κ3) is 5.64. The van der Waals surface area contributed by atoms with E-state index in [0.717, 1.165) is 11.6 Å². The number of benzene rings is 2. The van der Waals surface area contributed by atoms with Gasteiger partial charge in [-0.15, -0.1) is 0 Å². The Hall–Kier alpha value is -2.85. The molecule has 2 rings (SSSR count). The number of carbonyl (C=O) groups excluding carboxylic acids is 2. The van der Waals surface area contributed by atoms with Gasteiger partial charge in [-0.2, -0.15) is 13.4 Å². The molecular formula is C15H12N2O4S. The first kappa shape index (κ1) is 17.2. The molecule has 0 aliphatic heterocycles. The molecule has 6 nitrogen and oxygen atoms in total. The van der Waals surface area contributed by atoms with Crippen molar-refractivity contribution in [3.8, 4) is 0 Å². The molecule has 0 N–H and O–H groups in total. The highest BCUT2D eigenvalue weighted by molar-refractivity contribution is 7.90. The van der Waals surface area contributed by atoms with Gasteiger partial charge < -0.3 is 0 Å². The molecule has 0 aliphatic rings. The van der Waals surface area contributed by atoms with Gasteiger partial charge in [0.1, 0.15) is 0 Å². The lowest BCUT2D eigenvalue weighted by atomic mass is 10.2. The number of hydrogen-bond donors (Lipinski definition) is 0. The molecule has 2 aromatic rings. The molecule has 112 valence electrons. The van der Waals surface area contributed by atoms with Gasteiger partial charge in [-0.1, -0.05) is 40.3 Å². The molecule has 0 amide bonds. The van der Waals surface area contributed by atoms with Crippen molar-refractivity contribution in [2.75, 3.05) is 0 Å². The van der Waals surface area contributed by atoms with Crippen molar-refractivity contribution < 1.29 is 18.0 Å². The highest BCUT2D eigenvalue weighted by Crippen LogP contribution is 2.12. The highest BCUT2D eigenvalue weighted by Gasteiger charge is 2.10. The van der Waals surface area contributed by atoms with Gasteiger partial charge in [0.05, 0.1) is 10.6 Å². The average molecular weight is 316 g/mol. The van der Waals surface area contributed by atoms with Gasteiger partial charge in [0, 0.05) is 0 Å². The van der Waals surface area contributed by atoms with Crippen molar-refractivity contribution in [1.29, 1.82) is 0 Å². The zero-order chi connectivity index (χ0) is 16.4. The summed E-state index contributed by atoms with van der Waals surface area (Å²) in [6, 6.07) is 15.0. The van der Waals surface area contributed by atoms with Gasteiger partial charge >= 0.3 is 0 Å². The maximum Gasteiger partial charge on any atom is 0.292 e. The second kappa shape index (κ2) is 8.44. The van der Waals surface area contributed by atoms with Crippen LogP contribution in [0.5, 0.6) is 0 Å². The first-order valence-corrected chi connectivity index (χ1v) is 7.47. The third-order valence-corrected chi connectivity index (χ3v) is 3.59. The number of aliphatic imine (C=N–C) groups is 1. The average Bonchev–Trinajstić information content (AvgIpc) is 2.50. The fourth-order valence-electron chi connectivity index (χ4n) is 1.37. The van der Waals surface area contributed by atoms with E-state index in [2.05, 4.69) is 9.39 Å². The lowest BCUT2D eigenvalue weighted by Gasteiger charge is -1.96. The Balaban J connectivity index is 0.000000235. The van der Waals surface area contributed by atoms with Crippen LogP contribution in [-0.4, -0.2) is 20.6 Å². The Morgan fingerprint density at radius 1 is 0.864 bits per heavy atom. The summed E-state index contributed by atoms with van der Waals surface area (Å²) < 4.78 is 25.0. The van der Waals surface area contributed by atoms with Crippen LogP contribution in [0.1, 0.15) is 5.56 Å². The first-order chi connectivity index (χ1) is 10.5. The minimum absolute atomic E-state index is 0.00134. The summed E-state index contributed by atoms with van der Waals surface area (Å²) in [6.07, 6.45) is 2.47. The summed E-state index contributed by atoms with van der Waals surface area (Å²) in [5, 5.41) is 0. The largest absolute Gasteiger partial charge is 0.292 e. The number of aryl methyl sites for hydroxylation is 1. The van der Waals surface area contributed by atoms with Crippen LogP contribution in [0.15, 0.2) is 68.9 Å². The smallest absolute Gasteiger partial charge is 0.211 e. The van der Waals surface area contributed by atoms with E-state index in [1.807, 2.05) is 25.1 Å². The van der Waals surface area contributed by atoms with E-state index in [0.29, 0.717) is 5.69 Å². The molecule has 0 saturated carbocycles. The zero-order valence-corrected chi connectivity index (χ0v) is 12.4. The van der Waals surface area contributed by atoms with Crippen LogP contribution in [0.2, 0.25) is 0 Å². The predicted molar refractivity (Wildman–Crippen MR) is 80.7 cm³/mol. The van der Waals surface area contributed by atoms with Crippen molar-refractivity contribution in [2.45, 2.75) is 11.8 Å². The Morgan fingerprint density at radius 2 is 1.45 bits per heavy atom. The van der Waals surface area contributed by atoms with E-state index < -0.39 is 10.0 Å². The van der Waals surface area contributed by atoms with Crippen molar-refractivity contribution in [2.24, 2.45) is 9.39 Å². The van der Waals surface area contributed by atoms with Gasteiger partial charge in [-0.05, 0) is 31.2 Å². The summed E-state index contributed by atoms with van der Waals surface area (Å²) in [5.41, 5.74) is 1.58. The van der Waals surface area contributed by atoms with Crippen molar-refractivity contribution in [3.05, 3.63) is 60.2 Å². The quantitative estimate of drug-likeness (QED) is 0.642. The minimum atomic E-state index is -3.83. The molecule has 0 radical (unpaired) electrons. The van der Waals surface area contributed by atoms with E-state index in [-0.39, 0.29) is 4.90 Å². The zero-order valence-electron chi connectivity index (χ0n) is 11.6. The molecule has 0 heterocycles. The molecule has 22 heavy (non-hydrogen) atoms. The Kier molecular flexibility index (Phi) is 6.60. The molecular weight excluding hydrogens is 304 g/mol. The van der Waals surface area contributed by atoms with Crippen LogP contribution < -0.4 is 0 Å². The topological polar surface area (TPSA) is 93.0 Å². The van der Waals surface area contributed by atoms with Crippen LogP contribution in [0, 0.1) is 6.92 Å². The summed E-state index contributed by atoms with van der Waals surface area (Å²) in [7, 11) is -3.83. The van der Waals surface area contributed by atoms with Gasteiger partial charge in [0.2, 0.25) is 6.08 Å². The third-order valence-electron chi connectivity index (χ3n) is 2.41. The van der Waals surface area contributed by atoms with E-state index in [4.69, 9.17) is 0 Å². The molecule has 7 heteroatoms. The van der Waals surface area contributed by atoms with Crippen molar-refractivity contribution in [3.63, 3.8) is 0 Å². The molecule has 0 aliphatic carbocycles. The van der Waals surface area contributed by atoms with Crippen molar-refractivity contribution >= 4 is 27.9 Å². The summed E-state index contributed by atoms with van der Waals surface area (Å²) in [4.78, 5) is 22.9. The fourth-order valence-corrected chi connectivity index (χ4v) is 2.05. The number of rotatable bonds is 3. The second-order valence-electron chi connectivity index (χ2n) is 4.01. The number of hydrogen-bond acceptors (Lipinski definition) is 5. The first-order valence-electron chi connectivity index (χ1n) is 6.03. The summed E-state index contributed by atoms with van der Waals surface area (Å²) >= 11 is 0. The standard InChI is InChI=1S/C8H7NO3S.C7H5NO/c1-7-2-4-8(5-3-7)13(11,12)9-6-10;9-6-8-7-4-2-1-3-5-7/h2-5H,1H3;1-5H. The van der Waals surface area contributed by atoms with Gasteiger partial charge in [0.15, 0.2) is 0 Å². The lowest BCUT2D eigenvalue weighted by Crippen LogP contribution is -1.95. The Morgan fingerprint density at radius 3 is 1.95 bits per heavy atom. The monoisotopic (exact) mass is 316 g/mol. The van der Waals surface area contributed by atoms with E-state index in [1.165, 1.54) is 18.2 Å². The summed E-state index contributed by atoms with van der Waals surface area (Å²) in [5.74, 6) is 0. The highest BCUT2D eigenvalue weighted by atomic mass is 32.2. The van der Waals surface area contributed by atoms with Crippen LogP contribution in [0.3, 0.4) is 0 Å². The number of sulfonamides is 1. The number of isocyanates is 2. The number of nitrogens with zero attached hydrogens (tertiary/aromatic N) is 2. The lowest BCUT2D eigenvalue weighted by molar-refractivity contribution is 0.563. The van der Waals surface area contributed by atoms with E-state index in [9.17, 15) is 18.0 Å². The second-order valence-corrected chi connectivity index (χ2v) is 5.61. The molecule has 0 atom stereocenters. The minimum Gasteiger partial charge on any atom is -0.211 e. The molecule has 2 aromatic carbocycles. The van der Waals surface area contributed by atoms with Gasteiger partial charge in [-0.3, -0.25) is 0 Å². The fraction of sp³-hybridized carbons (Fsp3) is 0.0667. The molecule has 0 unspecified atom stereocenters. The van der Waals surface area contributed by atoms with Crippen LogP contribution in [-0.2, 0) is 19.6 Å². The normalized spacial score (nSPS) is 9.50. The predicted octanol–water partition coefficient (Wildman–Crippen LogP) is 2.67. The van der Waals surface area contributed by atoms with Gasteiger partial charge in [-0.25, -0.2) is 9.59 Å². The molecule has 0 saturated heterocycles. The van der Waals surface area contributed by atoms with Gasteiger partial charge in [0.25, 0.3) is 16.1 Å². The number of para-hydroxylation sites is 1. The molecule has 0 fully saturated rings. The van der Waals surface area contributed by atoms with Crippen molar-refractivity contribution in [1.82, 2.24) is 0 Å². The summed E-state index contributed by atoms with van der Waals surface area (Å²) in [6.45, 7) is 1.83. The maximum atomic E-state index is 11.1.